The van der Waals surface area contributed by atoms with Crippen LogP contribution in [0.4, 0.5) is 18.0 Å². The van der Waals surface area contributed by atoms with Crippen LogP contribution in [0.25, 0.3) is 0 Å². The number of carbonyl (C=O) groups is 1. The number of nitrogens with one attached hydrogen (secondary N) is 2. The molecule has 0 aliphatic carbocycles. The van der Waals surface area contributed by atoms with Crippen molar-refractivity contribution in [2.45, 2.75) is 18.6 Å². The topological polar surface area (TPSA) is 75.3 Å². The molecule has 1 saturated heterocycles. The molecule has 1 rings (SSSR count). The average molecular weight is 260 g/mol. The summed E-state index contributed by atoms with van der Waals surface area (Å²) in [6.45, 7) is -1.43. The quantitative estimate of drug-likeness (QED) is 0.735. The Morgan fingerprint density at radius 1 is 1.38 bits per heavy atom. The molecule has 2 amide bonds. The lowest BCUT2D eigenvalue weighted by Gasteiger charge is -2.13. The summed E-state index contributed by atoms with van der Waals surface area (Å²) < 4.78 is 57.1. The van der Waals surface area contributed by atoms with Gasteiger partial charge in [-0.3, -0.25) is 0 Å². The van der Waals surface area contributed by atoms with Crippen LogP contribution < -0.4 is 10.6 Å². The van der Waals surface area contributed by atoms with E-state index in [9.17, 15) is 26.4 Å². The monoisotopic (exact) mass is 260 g/mol. The highest BCUT2D eigenvalue weighted by atomic mass is 32.2. The molecule has 0 bridgehead atoms. The van der Waals surface area contributed by atoms with Gasteiger partial charge in [0.1, 0.15) is 6.54 Å². The minimum atomic E-state index is -4.47. The van der Waals surface area contributed by atoms with E-state index < -0.39 is 34.6 Å². The van der Waals surface area contributed by atoms with E-state index in [2.05, 4.69) is 5.32 Å². The van der Waals surface area contributed by atoms with Crippen LogP contribution in [0.5, 0.6) is 0 Å². The first-order valence-corrected chi connectivity index (χ1v) is 6.32. The molecule has 9 heteroatoms. The van der Waals surface area contributed by atoms with Gasteiger partial charge in [0, 0.05) is 6.04 Å². The van der Waals surface area contributed by atoms with E-state index in [0.29, 0.717) is 0 Å². The highest BCUT2D eigenvalue weighted by Crippen LogP contribution is 2.13. The number of alkyl halides is 3. The molecule has 1 aliphatic rings. The minimum absolute atomic E-state index is 0.0444. The third kappa shape index (κ3) is 4.69. The number of sulfone groups is 1. The van der Waals surface area contributed by atoms with Crippen LogP contribution in [0.3, 0.4) is 0 Å². The minimum Gasteiger partial charge on any atom is -0.334 e. The van der Waals surface area contributed by atoms with Crippen molar-refractivity contribution in [2.75, 3.05) is 18.1 Å². The van der Waals surface area contributed by atoms with Gasteiger partial charge in [-0.15, -0.1) is 0 Å². The molecule has 1 fully saturated rings. The summed E-state index contributed by atoms with van der Waals surface area (Å²) in [6, 6.07) is -1.60. The van der Waals surface area contributed by atoms with Crippen LogP contribution in [0.15, 0.2) is 0 Å². The van der Waals surface area contributed by atoms with E-state index in [1.807, 2.05) is 0 Å². The van der Waals surface area contributed by atoms with Gasteiger partial charge >= 0.3 is 12.2 Å². The van der Waals surface area contributed by atoms with Crippen molar-refractivity contribution in [1.29, 1.82) is 0 Å². The summed E-state index contributed by atoms with van der Waals surface area (Å²) >= 11 is 0. The van der Waals surface area contributed by atoms with Crippen LogP contribution in [0.1, 0.15) is 6.42 Å². The summed E-state index contributed by atoms with van der Waals surface area (Å²) in [5.41, 5.74) is 0. The van der Waals surface area contributed by atoms with Crippen molar-refractivity contribution in [3.8, 4) is 0 Å². The number of urea groups is 1. The molecule has 5 nitrogen and oxygen atoms in total. The smallest absolute Gasteiger partial charge is 0.334 e. The Bertz CT molecular complexity index is 366. The molecule has 0 saturated carbocycles. The zero-order valence-corrected chi connectivity index (χ0v) is 8.99. The third-order valence-corrected chi connectivity index (χ3v) is 3.78. The number of halogens is 3. The predicted molar refractivity (Wildman–Crippen MR) is 49.6 cm³/mol. The van der Waals surface area contributed by atoms with E-state index in [1.165, 1.54) is 0 Å². The van der Waals surface area contributed by atoms with E-state index in [-0.39, 0.29) is 17.9 Å². The summed E-state index contributed by atoms with van der Waals surface area (Å²) in [4.78, 5) is 10.9. The Labute approximate surface area is 90.3 Å². The second-order valence-electron chi connectivity index (χ2n) is 3.54. The number of hydrogen-bond donors (Lipinski definition) is 2. The normalized spacial score (nSPS) is 24.1. The maximum atomic E-state index is 11.7. The average Bonchev–Trinajstić information content (AvgIpc) is 2.41. The van der Waals surface area contributed by atoms with E-state index in [1.54, 1.807) is 5.32 Å². The lowest BCUT2D eigenvalue weighted by Crippen LogP contribution is -2.45. The van der Waals surface area contributed by atoms with E-state index in [4.69, 9.17) is 0 Å². The first-order valence-electron chi connectivity index (χ1n) is 4.49. The summed E-state index contributed by atoms with van der Waals surface area (Å²) in [6.07, 6.45) is -4.24. The summed E-state index contributed by atoms with van der Waals surface area (Å²) in [7, 11) is -3.15. The van der Waals surface area contributed by atoms with Gasteiger partial charge in [0.05, 0.1) is 11.5 Å². The highest BCUT2D eigenvalue weighted by Gasteiger charge is 2.31. The van der Waals surface area contributed by atoms with Gasteiger partial charge in [0.2, 0.25) is 0 Å². The van der Waals surface area contributed by atoms with Crippen molar-refractivity contribution in [3.05, 3.63) is 0 Å². The fourth-order valence-corrected chi connectivity index (χ4v) is 3.00. The van der Waals surface area contributed by atoms with Crippen molar-refractivity contribution in [2.24, 2.45) is 0 Å². The Kier molecular flexibility index (Phi) is 3.66. The van der Waals surface area contributed by atoms with Gasteiger partial charge in [-0.2, -0.15) is 13.2 Å². The number of rotatable bonds is 2. The molecule has 0 aromatic heterocycles. The van der Waals surface area contributed by atoms with Crippen LogP contribution in [-0.4, -0.2) is 44.7 Å². The molecule has 94 valence electrons. The standard InChI is InChI=1S/C7H11F3N2O3S/c8-7(9,10)4-11-6(13)12-5-1-2-16(14,15)3-5/h5H,1-4H2,(H2,11,12,13). The Balaban J connectivity index is 2.31. The molecule has 0 aromatic rings. The molecule has 1 aliphatic heterocycles. The van der Waals surface area contributed by atoms with E-state index in [0.717, 1.165) is 0 Å². The molecule has 0 aromatic carbocycles. The second kappa shape index (κ2) is 4.48. The molecule has 2 N–H and O–H groups in total. The van der Waals surface area contributed by atoms with Crippen LogP contribution >= 0.6 is 0 Å². The molecule has 16 heavy (non-hydrogen) atoms. The zero-order valence-electron chi connectivity index (χ0n) is 8.17. The van der Waals surface area contributed by atoms with Gasteiger partial charge in [0.25, 0.3) is 0 Å². The second-order valence-corrected chi connectivity index (χ2v) is 5.77. The molecular weight excluding hydrogens is 249 g/mol. The first-order chi connectivity index (χ1) is 7.18. The molecule has 0 spiro atoms. The van der Waals surface area contributed by atoms with Gasteiger partial charge in [-0.25, -0.2) is 13.2 Å². The van der Waals surface area contributed by atoms with Crippen LogP contribution in [-0.2, 0) is 9.84 Å². The Morgan fingerprint density at radius 3 is 2.44 bits per heavy atom. The molecule has 1 heterocycles. The summed E-state index contributed by atoms with van der Waals surface area (Å²) in [5.74, 6) is -0.260. The maximum Gasteiger partial charge on any atom is 0.405 e. The fraction of sp³-hybridized carbons (Fsp3) is 0.857. The van der Waals surface area contributed by atoms with Crippen molar-refractivity contribution >= 4 is 15.9 Å². The fourth-order valence-electron chi connectivity index (χ4n) is 1.33. The van der Waals surface area contributed by atoms with E-state index >= 15 is 0 Å². The zero-order chi connectivity index (χ0) is 12.4. The lowest BCUT2D eigenvalue weighted by atomic mass is 10.3. The van der Waals surface area contributed by atoms with Gasteiger partial charge in [0.15, 0.2) is 9.84 Å². The molecule has 1 unspecified atom stereocenters. The number of amides is 2. The Hall–Kier alpha value is -0.990. The van der Waals surface area contributed by atoms with Crippen molar-refractivity contribution in [3.63, 3.8) is 0 Å². The molecule has 0 radical (unpaired) electrons. The SMILES string of the molecule is O=C(NCC(F)(F)F)NC1CCS(=O)(=O)C1. The Morgan fingerprint density at radius 2 is 2.00 bits per heavy atom. The first kappa shape index (κ1) is 13.1. The van der Waals surface area contributed by atoms with Gasteiger partial charge in [-0.1, -0.05) is 0 Å². The van der Waals surface area contributed by atoms with Crippen molar-refractivity contribution < 1.29 is 26.4 Å². The predicted octanol–water partition coefficient (Wildman–Crippen LogP) is 0.0350. The summed E-state index contributed by atoms with van der Waals surface area (Å²) in [5, 5.41) is 3.78. The largest absolute Gasteiger partial charge is 0.405 e. The maximum absolute atomic E-state index is 11.7. The molecular formula is C7H11F3N2O3S. The third-order valence-electron chi connectivity index (χ3n) is 2.02. The number of carbonyl (C=O) groups excluding carboxylic acids is 1. The van der Waals surface area contributed by atoms with Gasteiger partial charge in [-0.05, 0) is 6.42 Å². The van der Waals surface area contributed by atoms with Crippen LogP contribution in [0, 0.1) is 0 Å². The van der Waals surface area contributed by atoms with Crippen LogP contribution in [0.2, 0.25) is 0 Å². The molecule has 1 atom stereocenters. The highest BCUT2D eigenvalue weighted by molar-refractivity contribution is 7.91. The number of hydrogen-bond acceptors (Lipinski definition) is 3. The van der Waals surface area contributed by atoms with Crippen molar-refractivity contribution in [1.82, 2.24) is 10.6 Å². The lowest BCUT2D eigenvalue weighted by molar-refractivity contribution is -0.122. The van der Waals surface area contributed by atoms with Gasteiger partial charge < -0.3 is 10.6 Å².